The van der Waals surface area contributed by atoms with E-state index >= 15 is 0 Å². The zero-order valence-corrected chi connectivity index (χ0v) is 17.5. The van der Waals surface area contributed by atoms with E-state index < -0.39 is 16.0 Å². The standard InChI is InChI=1S/C14H34O3SSi2/c1-9-19(10-2,11-3)18-13-17-20(15-7,16-8)12-14(4,5)6/h9-13H2,1-8H3. The summed E-state index contributed by atoms with van der Waals surface area (Å²) in [6.45, 7) is 13.6. The minimum Gasteiger partial charge on any atom is -0.377 e. The smallest absolute Gasteiger partial charge is 0.377 e. The fraction of sp³-hybridized carbons (Fsp3) is 1.00. The molecule has 0 radical (unpaired) electrons. The fourth-order valence-electron chi connectivity index (χ4n) is 2.35. The van der Waals surface area contributed by atoms with Gasteiger partial charge in [0.05, 0.1) is 5.94 Å². The van der Waals surface area contributed by atoms with Crippen molar-refractivity contribution in [2.45, 2.75) is 65.7 Å². The maximum atomic E-state index is 6.16. The van der Waals surface area contributed by atoms with Gasteiger partial charge in [0, 0.05) is 20.3 Å². The van der Waals surface area contributed by atoms with Crippen LogP contribution in [0.3, 0.4) is 0 Å². The Morgan fingerprint density at radius 1 is 0.900 bits per heavy atom. The third-order valence-electron chi connectivity index (χ3n) is 3.95. The Balaban J connectivity index is 4.63. The fourth-order valence-corrected chi connectivity index (χ4v) is 10.9. The maximum Gasteiger partial charge on any atom is 0.501 e. The summed E-state index contributed by atoms with van der Waals surface area (Å²) in [5.74, 6) is 0.714. The molecule has 0 saturated heterocycles. The molecule has 20 heavy (non-hydrogen) atoms. The number of hydrogen-bond acceptors (Lipinski definition) is 4. The highest BCUT2D eigenvalue weighted by Gasteiger charge is 2.43. The first-order valence-electron chi connectivity index (χ1n) is 7.60. The van der Waals surface area contributed by atoms with Gasteiger partial charge in [0.2, 0.25) is 0 Å². The monoisotopic (exact) mass is 338 g/mol. The van der Waals surface area contributed by atoms with Gasteiger partial charge < -0.3 is 13.3 Å². The van der Waals surface area contributed by atoms with Crippen LogP contribution < -0.4 is 0 Å². The van der Waals surface area contributed by atoms with Crippen LogP contribution in [0.4, 0.5) is 0 Å². The second-order valence-corrected chi connectivity index (χ2v) is 17.8. The summed E-state index contributed by atoms with van der Waals surface area (Å²) in [5.41, 5.74) is 0.150. The molecule has 0 aliphatic carbocycles. The van der Waals surface area contributed by atoms with Crippen LogP contribution in [0, 0.1) is 5.41 Å². The van der Waals surface area contributed by atoms with Gasteiger partial charge >= 0.3 is 8.80 Å². The number of rotatable bonds is 10. The van der Waals surface area contributed by atoms with Crippen molar-refractivity contribution in [1.29, 1.82) is 0 Å². The van der Waals surface area contributed by atoms with Crippen LogP contribution in [-0.4, -0.2) is 36.2 Å². The summed E-state index contributed by atoms with van der Waals surface area (Å²) >= 11 is 2.04. The average Bonchev–Trinajstić information content (AvgIpc) is 2.41. The summed E-state index contributed by atoms with van der Waals surface area (Å²) in [6, 6.07) is 4.78. The van der Waals surface area contributed by atoms with E-state index in [1.165, 1.54) is 18.1 Å². The third kappa shape index (κ3) is 6.62. The summed E-state index contributed by atoms with van der Waals surface area (Å²) in [5, 5.41) is 0. The molecular weight excluding hydrogens is 304 g/mol. The van der Waals surface area contributed by atoms with Gasteiger partial charge in [-0.05, 0) is 5.41 Å². The predicted molar refractivity (Wildman–Crippen MR) is 94.8 cm³/mol. The van der Waals surface area contributed by atoms with Gasteiger partial charge in [0.1, 0.15) is 7.22 Å². The quantitative estimate of drug-likeness (QED) is 0.415. The molecule has 0 spiro atoms. The molecule has 0 amide bonds. The molecule has 122 valence electrons. The van der Waals surface area contributed by atoms with Crippen LogP contribution in [0.1, 0.15) is 41.5 Å². The van der Waals surface area contributed by atoms with E-state index in [-0.39, 0.29) is 5.41 Å². The summed E-state index contributed by atoms with van der Waals surface area (Å²) in [6.07, 6.45) is 0. The van der Waals surface area contributed by atoms with Crippen molar-refractivity contribution in [3.63, 3.8) is 0 Å². The van der Waals surface area contributed by atoms with Crippen LogP contribution >= 0.6 is 11.2 Å². The zero-order chi connectivity index (χ0) is 15.9. The highest BCUT2D eigenvalue weighted by atomic mass is 32.4. The lowest BCUT2D eigenvalue weighted by atomic mass is 10.0. The molecule has 0 rings (SSSR count). The Bertz CT molecular complexity index is 253. The molecule has 0 unspecified atom stereocenters. The lowest BCUT2D eigenvalue weighted by Crippen LogP contribution is -2.47. The highest BCUT2D eigenvalue weighted by molar-refractivity contribution is 8.28. The van der Waals surface area contributed by atoms with E-state index in [9.17, 15) is 0 Å². The summed E-state index contributed by atoms with van der Waals surface area (Å²) < 4.78 is 17.5. The van der Waals surface area contributed by atoms with Gasteiger partial charge in [-0.25, -0.2) is 0 Å². The van der Waals surface area contributed by atoms with E-state index in [0.717, 1.165) is 6.04 Å². The molecule has 0 aromatic carbocycles. The van der Waals surface area contributed by atoms with Crippen LogP contribution in [0.2, 0.25) is 24.2 Å². The van der Waals surface area contributed by atoms with Gasteiger partial charge in [0.15, 0.2) is 0 Å². The first-order chi connectivity index (χ1) is 9.22. The largest absolute Gasteiger partial charge is 0.501 e. The maximum absolute atomic E-state index is 6.16. The van der Waals surface area contributed by atoms with Gasteiger partial charge in [-0.1, -0.05) is 59.7 Å². The van der Waals surface area contributed by atoms with Crippen LogP contribution in [0.25, 0.3) is 0 Å². The molecule has 0 heterocycles. The summed E-state index contributed by atoms with van der Waals surface area (Å²) in [4.78, 5) is 0. The number of hydrogen-bond donors (Lipinski definition) is 0. The van der Waals surface area contributed by atoms with Crippen molar-refractivity contribution in [3.05, 3.63) is 0 Å². The lowest BCUT2D eigenvalue weighted by molar-refractivity contribution is 0.107. The molecule has 0 fully saturated rings. The zero-order valence-electron chi connectivity index (χ0n) is 14.7. The van der Waals surface area contributed by atoms with Gasteiger partial charge in [0.25, 0.3) is 0 Å². The Labute approximate surface area is 132 Å². The Morgan fingerprint density at radius 2 is 1.35 bits per heavy atom. The Kier molecular flexibility index (Phi) is 9.25. The second-order valence-electron chi connectivity index (χ2n) is 6.48. The van der Waals surface area contributed by atoms with Crippen molar-refractivity contribution in [2.75, 3.05) is 20.2 Å². The van der Waals surface area contributed by atoms with E-state index in [1.54, 1.807) is 14.2 Å². The second kappa shape index (κ2) is 8.95. The molecule has 0 bridgehead atoms. The van der Waals surface area contributed by atoms with Crippen molar-refractivity contribution >= 4 is 27.2 Å². The topological polar surface area (TPSA) is 27.7 Å². The van der Waals surface area contributed by atoms with Crippen molar-refractivity contribution in [2.24, 2.45) is 5.41 Å². The molecule has 0 aliphatic rings. The van der Waals surface area contributed by atoms with E-state index in [0.29, 0.717) is 5.94 Å². The molecular formula is C14H34O3SSi2. The first-order valence-corrected chi connectivity index (χ1v) is 13.9. The first kappa shape index (κ1) is 20.7. The molecule has 0 atom stereocenters. The molecule has 0 saturated carbocycles. The molecule has 3 nitrogen and oxygen atoms in total. The molecule has 6 heteroatoms. The summed E-state index contributed by atoms with van der Waals surface area (Å²) in [7, 11) is -0.277. The van der Waals surface area contributed by atoms with Gasteiger partial charge in [-0.3, -0.25) is 0 Å². The van der Waals surface area contributed by atoms with E-state index in [4.69, 9.17) is 13.3 Å². The van der Waals surface area contributed by atoms with Gasteiger partial charge in [-0.15, -0.1) is 0 Å². The Morgan fingerprint density at radius 3 is 1.65 bits per heavy atom. The lowest BCUT2D eigenvalue weighted by Gasteiger charge is -2.34. The normalized spacial score (nSPS) is 13.8. The van der Waals surface area contributed by atoms with Crippen molar-refractivity contribution in [1.82, 2.24) is 0 Å². The van der Waals surface area contributed by atoms with Crippen molar-refractivity contribution in [3.8, 4) is 0 Å². The molecule has 0 aromatic rings. The van der Waals surface area contributed by atoms with Crippen LogP contribution in [0.5, 0.6) is 0 Å². The average molecular weight is 339 g/mol. The Hall–Kier alpha value is 0.664. The molecule has 0 aromatic heterocycles. The van der Waals surface area contributed by atoms with Gasteiger partial charge in [-0.2, -0.15) is 11.2 Å². The SMILES string of the molecule is CC[Si](CC)(CC)SCO[Si](CC(C)(C)C)(OC)OC. The van der Waals surface area contributed by atoms with E-state index in [1.807, 2.05) is 11.2 Å². The minimum atomic E-state index is -2.52. The minimum absolute atomic E-state index is 0.150. The van der Waals surface area contributed by atoms with Crippen LogP contribution in [-0.2, 0) is 13.3 Å². The van der Waals surface area contributed by atoms with Crippen molar-refractivity contribution < 1.29 is 13.3 Å². The predicted octanol–water partition coefficient (Wildman–Crippen LogP) is 4.98. The highest BCUT2D eigenvalue weighted by Crippen LogP contribution is 2.35. The third-order valence-corrected chi connectivity index (χ3v) is 17.0. The van der Waals surface area contributed by atoms with Crippen LogP contribution in [0.15, 0.2) is 0 Å². The van der Waals surface area contributed by atoms with E-state index in [2.05, 4.69) is 41.5 Å². The molecule has 0 N–H and O–H groups in total. The molecule has 0 aliphatic heterocycles.